The van der Waals surface area contributed by atoms with Gasteiger partial charge in [-0.3, -0.25) is 0 Å². The summed E-state index contributed by atoms with van der Waals surface area (Å²) in [5, 5.41) is 14.8. The van der Waals surface area contributed by atoms with Crippen molar-refractivity contribution in [1.82, 2.24) is 4.90 Å². The quantitative estimate of drug-likeness (QED) is 0.504. The van der Waals surface area contributed by atoms with Crippen LogP contribution < -0.4 is 4.74 Å². The first-order valence-corrected chi connectivity index (χ1v) is 10.1. The molecule has 30 heavy (non-hydrogen) atoms. The number of rotatable bonds is 8. The molecule has 1 saturated heterocycles. The van der Waals surface area contributed by atoms with E-state index in [1.54, 1.807) is 0 Å². The van der Waals surface area contributed by atoms with E-state index in [-0.39, 0.29) is 0 Å². The number of piperidine rings is 1. The molecule has 1 aliphatic rings. The molecule has 1 fully saturated rings. The zero-order chi connectivity index (χ0) is 21.6. The average Bonchev–Trinajstić information content (AvgIpc) is 2.78. The fourth-order valence-electron chi connectivity index (χ4n) is 3.14. The van der Waals surface area contributed by atoms with E-state index in [4.69, 9.17) is 29.3 Å². The van der Waals surface area contributed by atoms with E-state index in [9.17, 15) is 0 Å². The molecule has 7 nitrogen and oxygen atoms in total. The van der Waals surface area contributed by atoms with Crippen molar-refractivity contribution in [3.63, 3.8) is 0 Å². The van der Waals surface area contributed by atoms with E-state index in [1.807, 2.05) is 24.3 Å². The monoisotopic (exact) mass is 415 g/mol. The van der Waals surface area contributed by atoms with E-state index in [1.165, 1.54) is 37.9 Å². The highest BCUT2D eigenvalue weighted by Gasteiger charge is 2.09. The SMILES string of the molecule is O=C(O)C(=O)O.c1ccc(-c2ccccc2OCCOCCN2CCCCC2)cc1. The summed E-state index contributed by atoms with van der Waals surface area (Å²) in [6, 6.07) is 18.5. The zero-order valence-electron chi connectivity index (χ0n) is 17.0. The molecule has 0 bridgehead atoms. The number of para-hydroxylation sites is 1. The lowest BCUT2D eigenvalue weighted by Crippen LogP contribution is -2.32. The fourth-order valence-corrected chi connectivity index (χ4v) is 3.14. The van der Waals surface area contributed by atoms with Gasteiger partial charge in [0.15, 0.2) is 0 Å². The van der Waals surface area contributed by atoms with Crippen molar-refractivity contribution in [2.45, 2.75) is 19.3 Å². The van der Waals surface area contributed by atoms with Crippen molar-refractivity contribution in [2.24, 2.45) is 0 Å². The highest BCUT2D eigenvalue weighted by Crippen LogP contribution is 2.29. The molecule has 0 spiro atoms. The Morgan fingerprint density at radius 1 is 0.800 bits per heavy atom. The minimum Gasteiger partial charge on any atom is -0.491 e. The van der Waals surface area contributed by atoms with Gasteiger partial charge in [0, 0.05) is 12.1 Å². The van der Waals surface area contributed by atoms with Crippen molar-refractivity contribution in [3.05, 3.63) is 54.6 Å². The van der Waals surface area contributed by atoms with Gasteiger partial charge in [-0.1, -0.05) is 55.0 Å². The van der Waals surface area contributed by atoms with Crippen LogP contribution in [0.2, 0.25) is 0 Å². The molecule has 1 aliphatic heterocycles. The molecule has 2 N–H and O–H groups in total. The van der Waals surface area contributed by atoms with Crippen molar-refractivity contribution >= 4 is 11.9 Å². The van der Waals surface area contributed by atoms with Gasteiger partial charge in [-0.2, -0.15) is 0 Å². The summed E-state index contributed by atoms with van der Waals surface area (Å²) in [4.78, 5) is 20.7. The molecule has 0 atom stereocenters. The van der Waals surface area contributed by atoms with E-state index >= 15 is 0 Å². The Kier molecular flexibility index (Phi) is 10.4. The number of hydrogen-bond donors (Lipinski definition) is 2. The van der Waals surface area contributed by atoms with Crippen LogP contribution in [0.5, 0.6) is 5.75 Å². The van der Waals surface area contributed by atoms with Crippen LogP contribution in [0.3, 0.4) is 0 Å². The Bertz CT molecular complexity index is 762. The summed E-state index contributed by atoms with van der Waals surface area (Å²) in [7, 11) is 0. The summed E-state index contributed by atoms with van der Waals surface area (Å²) < 4.78 is 11.7. The predicted octanol–water partition coefficient (Wildman–Crippen LogP) is 3.39. The molecule has 0 aliphatic carbocycles. The highest BCUT2D eigenvalue weighted by atomic mass is 16.5. The van der Waals surface area contributed by atoms with Gasteiger partial charge >= 0.3 is 11.9 Å². The maximum atomic E-state index is 9.10. The zero-order valence-corrected chi connectivity index (χ0v) is 17.0. The number of carbonyl (C=O) groups is 2. The van der Waals surface area contributed by atoms with Crippen molar-refractivity contribution < 1.29 is 29.3 Å². The van der Waals surface area contributed by atoms with E-state index in [0.717, 1.165) is 24.5 Å². The summed E-state index contributed by atoms with van der Waals surface area (Å²) in [5.74, 6) is -2.73. The first-order valence-electron chi connectivity index (χ1n) is 10.1. The van der Waals surface area contributed by atoms with Crippen LogP contribution in [-0.2, 0) is 14.3 Å². The van der Waals surface area contributed by atoms with Crippen LogP contribution >= 0.6 is 0 Å². The lowest BCUT2D eigenvalue weighted by Gasteiger charge is -2.26. The summed E-state index contributed by atoms with van der Waals surface area (Å²) in [5.41, 5.74) is 2.31. The summed E-state index contributed by atoms with van der Waals surface area (Å²) in [6.07, 6.45) is 4.05. The van der Waals surface area contributed by atoms with Gasteiger partial charge in [-0.15, -0.1) is 0 Å². The van der Waals surface area contributed by atoms with Gasteiger partial charge in [0.25, 0.3) is 0 Å². The molecular weight excluding hydrogens is 386 g/mol. The Morgan fingerprint density at radius 2 is 1.43 bits per heavy atom. The Labute approximate surface area is 176 Å². The van der Waals surface area contributed by atoms with E-state index in [0.29, 0.717) is 13.2 Å². The molecule has 162 valence electrons. The normalized spacial score (nSPS) is 13.7. The lowest BCUT2D eigenvalue weighted by atomic mass is 10.1. The number of carboxylic acids is 2. The second kappa shape index (κ2) is 13.3. The maximum absolute atomic E-state index is 9.10. The second-order valence-electron chi connectivity index (χ2n) is 6.84. The van der Waals surface area contributed by atoms with Gasteiger partial charge in [0.05, 0.1) is 13.2 Å². The molecule has 1 heterocycles. The van der Waals surface area contributed by atoms with Crippen LogP contribution in [0.4, 0.5) is 0 Å². The van der Waals surface area contributed by atoms with E-state index in [2.05, 4.69) is 35.2 Å². The molecule has 2 aromatic carbocycles. The molecule has 0 aromatic heterocycles. The topological polar surface area (TPSA) is 96.3 Å². The van der Waals surface area contributed by atoms with Gasteiger partial charge in [0.2, 0.25) is 0 Å². The number of carboxylic acid groups (broad SMARTS) is 2. The second-order valence-corrected chi connectivity index (χ2v) is 6.84. The molecule has 0 saturated carbocycles. The van der Waals surface area contributed by atoms with E-state index < -0.39 is 11.9 Å². The lowest BCUT2D eigenvalue weighted by molar-refractivity contribution is -0.159. The van der Waals surface area contributed by atoms with Crippen LogP contribution in [-0.4, -0.2) is 66.5 Å². The summed E-state index contributed by atoms with van der Waals surface area (Å²) in [6.45, 7) is 5.51. The van der Waals surface area contributed by atoms with Crippen LogP contribution in [0, 0.1) is 0 Å². The predicted molar refractivity (Wildman–Crippen MR) is 114 cm³/mol. The maximum Gasteiger partial charge on any atom is 0.414 e. The van der Waals surface area contributed by atoms with Crippen LogP contribution in [0.15, 0.2) is 54.6 Å². The molecule has 7 heteroatoms. The first kappa shape index (κ1) is 23.4. The molecular formula is C23H29NO6. The third-order valence-corrected chi connectivity index (χ3v) is 4.64. The Balaban J connectivity index is 0.000000469. The van der Waals surface area contributed by atoms with Crippen LogP contribution in [0.25, 0.3) is 11.1 Å². The van der Waals surface area contributed by atoms with Crippen LogP contribution in [0.1, 0.15) is 19.3 Å². The number of nitrogens with zero attached hydrogens (tertiary/aromatic N) is 1. The number of aliphatic carboxylic acids is 2. The number of hydrogen-bond acceptors (Lipinski definition) is 5. The Hall–Kier alpha value is -2.90. The van der Waals surface area contributed by atoms with Gasteiger partial charge in [-0.25, -0.2) is 9.59 Å². The minimum atomic E-state index is -1.82. The summed E-state index contributed by atoms with van der Waals surface area (Å²) >= 11 is 0. The van der Waals surface area contributed by atoms with Crippen molar-refractivity contribution in [3.8, 4) is 16.9 Å². The number of benzene rings is 2. The third-order valence-electron chi connectivity index (χ3n) is 4.64. The molecule has 0 amide bonds. The minimum absolute atomic E-state index is 0.587. The largest absolute Gasteiger partial charge is 0.491 e. The molecule has 2 aromatic rings. The smallest absolute Gasteiger partial charge is 0.414 e. The van der Waals surface area contributed by atoms with Crippen molar-refractivity contribution in [2.75, 3.05) is 39.5 Å². The molecule has 0 unspecified atom stereocenters. The third kappa shape index (κ3) is 8.63. The van der Waals surface area contributed by atoms with Gasteiger partial charge < -0.3 is 24.6 Å². The fraction of sp³-hybridized carbons (Fsp3) is 0.391. The van der Waals surface area contributed by atoms with Gasteiger partial charge in [-0.05, 0) is 37.6 Å². The number of likely N-dealkylation sites (tertiary alicyclic amines) is 1. The highest BCUT2D eigenvalue weighted by molar-refractivity contribution is 6.27. The number of ether oxygens (including phenoxy) is 2. The van der Waals surface area contributed by atoms with Crippen molar-refractivity contribution in [1.29, 1.82) is 0 Å². The molecule has 0 radical (unpaired) electrons. The average molecular weight is 415 g/mol. The van der Waals surface area contributed by atoms with Gasteiger partial charge in [0.1, 0.15) is 12.4 Å². The standard InChI is InChI=1S/C21H27NO2.C2H2O4/c1-3-9-19(10-4-1)20-11-5-6-12-21(20)24-18-17-23-16-15-22-13-7-2-8-14-22;3-1(4)2(5)6/h1,3-6,9-12H,2,7-8,13-18H2;(H,3,4)(H,5,6). The first-order chi connectivity index (χ1) is 14.6. The molecule has 3 rings (SSSR count). The Morgan fingerprint density at radius 3 is 2.10 bits per heavy atom.